The molecule has 0 bridgehead atoms. The second kappa shape index (κ2) is 4.26. The number of hydrogen-bond donors (Lipinski definition) is 0. The normalized spacial score (nSPS) is 10.4. The number of hydrogen-bond acceptors (Lipinski definition) is 2. The maximum Gasteiger partial charge on any atom is 0.170 e. The SMILES string of the molecule is O=C(Cc1cc(F)cc(F)c1)c1ccoc1. The Kier molecular flexibility index (Phi) is 2.81. The molecule has 0 atom stereocenters. The van der Waals surface area contributed by atoms with Crippen molar-refractivity contribution in [1.29, 1.82) is 0 Å². The van der Waals surface area contributed by atoms with Crippen molar-refractivity contribution in [3.8, 4) is 0 Å². The second-order valence-corrected chi connectivity index (χ2v) is 3.39. The van der Waals surface area contributed by atoms with Crippen LogP contribution in [0.15, 0.2) is 41.2 Å². The first-order chi connectivity index (χ1) is 7.65. The van der Waals surface area contributed by atoms with E-state index in [2.05, 4.69) is 0 Å². The summed E-state index contributed by atoms with van der Waals surface area (Å²) < 4.78 is 30.5. The van der Waals surface area contributed by atoms with Crippen LogP contribution in [0, 0.1) is 11.6 Å². The molecule has 0 aliphatic carbocycles. The Morgan fingerprint density at radius 2 is 1.88 bits per heavy atom. The summed E-state index contributed by atoms with van der Waals surface area (Å²) in [6.07, 6.45) is 2.63. The van der Waals surface area contributed by atoms with Gasteiger partial charge in [0, 0.05) is 12.5 Å². The highest BCUT2D eigenvalue weighted by Gasteiger charge is 2.09. The van der Waals surface area contributed by atoms with Crippen molar-refractivity contribution in [2.45, 2.75) is 6.42 Å². The van der Waals surface area contributed by atoms with Crippen LogP contribution in [0.5, 0.6) is 0 Å². The minimum atomic E-state index is -0.685. The van der Waals surface area contributed by atoms with Gasteiger partial charge in [0.05, 0.1) is 11.8 Å². The molecule has 0 saturated carbocycles. The predicted molar refractivity (Wildman–Crippen MR) is 53.1 cm³/mol. The van der Waals surface area contributed by atoms with Crippen LogP contribution in [-0.4, -0.2) is 5.78 Å². The Morgan fingerprint density at radius 1 is 1.19 bits per heavy atom. The highest BCUT2D eigenvalue weighted by molar-refractivity contribution is 5.97. The molecule has 1 aromatic heterocycles. The highest BCUT2D eigenvalue weighted by Crippen LogP contribution is 2.11. The van der Waals surface area contributed by atoms with Crippen LogP contribution in [0.4, 0.5) is 8.78 Å². The third kappa shape index (κ3) is 2.34. The summed E-state index contributed by atoms with van der Waals surface area (Å²) in [6.45, 7) is 0. The lowest BCUT2D eigenvalue weighted by atomic mass is 10.1. The fourth-order valence-electron chi connectivity index (χ4n) is 1.42. The molecule has 0 spiro atoms. The van der Waals surface area contributed by atoms with Gasteiger partial charge < -0.3 is 4.42 Å². The Balaban J connectivity index is 2.18. The maximum atomic E-state index is 12.9. The third-order valence-electron chi connectivity index (χ3n) is 2.13. The smallest absolute Gasteiger partial charge is 0.170 e. The van der Waals surface area contributed by atoms with Crippen LogP contribution in [0.3, 0.4) is 0 Å². The summed E-state index contributed by atoms with van der Waals surface area (Å²) >= 11 is 0. The van der Waals surface area contributed by atoms with Gasteiger partial charge in [0.25, 0.3) is 0 Å². The highest BCUT2D eigenvalue weighted by atomic mass is 19.1. The van der Waals surface area contributed by atoms with Crippen molar-refractivity contribution in [1.82, 2.24) is 0 Å². The average Bonchev–Trinajstić information content (AvgIpc) is 2.68. The van der Waals surface area contributed by atoms with Gasteiger partial charge in [0.1, 0.15) is 17.9 Å². The van der Waals surface area contributed by atoms with E-state index in [1.54, 1.807) is 0 Å². The van der Waals surface area contributed by atoms with E-state index in [1.807, 2.05) is 0 Å². The first-order valence-corrected chi connectivity index (χ1v) is 4.65. The molecule has 0 fully saturated rings. The molecule has 2 aromatic rings. The van der Waals surface area contributed by atoms with Crippen molar-refractivity contribution in [2.24, 2.45) is 0 Å². The summed E-state index contributed by atoms with van der Waals surface area (Å²) in [6, 6.07) is 4.56. The fourth-order valence-corrected chi connectivity index (χ4v) is 1.42. The van der Waals surface area contributed by atoms with E-state index in [1.165, 1.54) is 18.6 Å². The Bertz CT molecular complexity index is 483. The van der Waals surface area contributed by atoms with Crippen LogP contribution < -0.4 is 0 Å². The number of furan rings is 1. The molecular weight excluding hydrogens is 214 g/mol. The Morgan fingerprint density at radius 3 is 2.44 bits per heavy atom. The van der Waals surface area contributed by atoms with E-state index in [0.29, 0.717) is 11.1 Å². The van der Waals surface area contributed by atoms with E-state index in [4.69, 9.17) is 4.42 Å². The van der Waals surface area contributed by atoms with Gasteiger partial charge >= 0.3 is 0 Å². The molecule has 0 aliphatic rings. The molecule has 82 valence electrons. The van der Waals surface area contributed by atoms with Gasteiger partial charge in [-0.25, -0.2) is 8.78 Å². The van der Waals surface area contributed by atoms with Crippen molar-refractivity contribution < 1.29 is 18.0 Å². The first-order valence-electron chi connectivity index (χ1n) is 4.65. The number of carbonyl (C=O) groups excluding carboxylic acids is 1. The van der Waals surface area contributed by atoms with Gasteiger partial charge in [-0.3, -0.25) is 4.79 Å². The molecule has 0 amide bonds. The minimum Gasteiger partial charge on any atom is -0.472 e. The number of halogens is 2. The van der Waals surface area contributed by atoms with Gasteiger partial charge in [-0.1, -0.05) is 0 Å². The quantitative estimate of drug-likeness (QED) is 0.747. The van der Waals surface area contributed by atoms with E-state index < -0.39 is 11.6 Å². The minimum absolute atomic E-state index is 0.0474. The molecule has 4 heteroatoms. The summed E-state index contributed by atoms with van der Waals surface area (Å²) in [5.74, 6) is -1.61. The van der Waals surface area contributed by atoms with Gasteiger partial charge in [0.2, 0.25) is 0 Å². The largest absolute Gasteiger partial charge is 0.472 e. The van der Waals surface area contributed by atoms with Crippen molar-refractivity contribution in [2.75, 3.05) is 0 Å². The van der Waals surface area contributed by atoms with Crippen molar-refractivity contribution in [3.05, 3.63) is 59.6 Å². The molecule has 2 rings (SSSR count). The lowest BCUT2D eigenvalue weighted by Gasteiger charge is -2.00. The van der Waals surface area contributed by atoms with Gasteiger partial charge in [0.15, 0.2) is 5.78 Å². The maximum absolute atomic E-state index is 12.9. The predicted octanol–water partition coefficient (Wildman–Crippen LogP) is 2.98. The second-order valence-electron chi connectivity index (χ2n) is 3.39. The molecule has 2 nitrogen and oxygen atoms in total. The van der Waals surface area contributed by atoms with Crippen LogP contribution in [0.2, 0.25) is 0 Å². The van der Waals surface area contributed by atoms with E-state index >= 15 is 0 Å². The number of ketones is 1. The summed E-state index contributed by atoms with van der Waals surface area (Å²) in [5.41, 5.74) is 0.702. The first kappa shape index (κ1) is 10.5. The number of Topliss-reactive ketones (excluding diaryl/α,β-unsaturated/α-hetero) is 1. The zero-order valence-corrected chi connectivity index (χ0v) is 8.24. The van der Waals surface area contributed by atoms with Crippen molar-refractivity contribution in [3.63, 3.8) is 0 Å². The molecular formula is C12H8F2O2. The molecule has 0 N–H and O–H groups in total. The van der Waals surface area contributed by atoms with Crippen LogP contribution in [-0.2, 0) is 6.42 Å². The van der Waals surface area contributed by atoms with Gasteiger partial charge in [-0.2, -0.15) is 0 Å². The van der Waals surface area contributed by atoms with Gasteiger partial charge in [-0.05, 0) is 23.8 Å². The molecule has 1 heterocycles. The third-order valence-corrected chi connectivity index (χ3v) is 2.13. The molecule has 0 radical (unpaired) electrons. The topological polar surface area (TPSA) is 30.2 Å². The Labute approximate surface area is 90.5 Å². The fraction of sp³-hybridized carbons (Fsp3) is 0.0833. The summed E-state index contributed by atoms with van der Waals surface area (Å²) in [7, 11) is 0. The molecule has 1 aromatic carbocycles. The van der Waals surface area contributed by atoms with Crippen molar-refractivity contribution >= 4 is 5.78 Å². The molecule has 16 heavy (non-hydrogen) atoms. The zero-order valence-electron chi connectivity index (χ0n) is 8.24. The number of carbonyl (C=O) groups is 1. The zero-order chi connectivity index (χ0) is 11.5. The summed E-state index contributed by atoms with van der Waals surface area (Å²) in [5, 5.41) is 0. The van der Waals surface area contributed by atoms with E-state index in [-0.39, 0.29) is 12.2 Å². The monoisotopic (exact) mass is 222 g/mol. The molecule has 0 saturated heterocycles. The van der Waals surface area contributed by atoms with E-state index in [0.717, 1.165) is 18.2 Å². The summed E-state index contributed by atoms with van der Waals surface area (Å²) in [4.78, 5) is 11.6. The Hall–Kier alpha value is -1.97. The van der Waals surface area contributed by atoms with Crippen LogP contribution >= 0.6 is 0 Å². The number of rotatable bonds is 3. The van der Waals surface area contributed by atoms with Gasteiger partial charge in [-0.15, -0.1) is 0 Å². The van der Waals surface area contributed by atoms with E-state index in [9.17, 15) is 13.6 Å². The van der Waals surface area contributed by atoms with Crippen LogP contribution in [0.25, 0.3) is 0 Å². The lowest BCUT2D eigenvalue weighted by Crippen LogP contribution is -2.02. The lowest BCUT2D eigenvalue weighted by molar-refractivity contribution is 0.0992. The number of benzene rings is 1. The molecule has 0 aliphatic heterocycles. The molecule has 0 unspecified atom stereocenters. The standard InChI is InChI=1S/C12H8F2O2/c13-10-3-8(4-11(14)6-10)5-12(15)9-1-2-16-7-9/h1-4,6-7H,5H2. The van der Waals surface area contributed by atoms with Crippen LogP contribution in [0.1, 0.15) is 15.9 Å². The average molecular weight is 222 g/mol.